The number of benzene rings is 1. The quantitative estimate of drug-likeness (QED) is 0.936. The van der Waals surface area contributed by atoms with E-state index in [1.807, 2.05) is 41.5 Å². The summed E-state index contributed by atoms with van der Waals surface area (Å²) in [5.41, 5.74) is 1.54. The molecule has 6 heteroatoms. The van der Waals surface area contributed by atoms with E-state index < -0.39 is 0 Å². The van der Waals surface area contributed by atoms with Crippen LogP contribution in [0, 0.1) is 0 Å². The Bertz CT molecular complexity index is 669. The van der Waals surface area contributed by atoms with Crippen molar-refractivity contribution in [3.8, 4) is 16.3 Å². The second-order valence-electron chi connectivity index (χ2n) is 5.60. The first-order valence-corrected chi connectivity index (χ1v) is 8.76. The van der Waals surface area contributed by atoms with Gasteiger partial charge >= 0.3 is 0 Å². The summed E-state index contributed by atoms with van der Waals surface area (Å²) < 4.78 is 5.45. The largest absolute Gasteiger partial charge is 0.494 e. The molecule has 1 aromatic carbocycles. The molecule has 1 aliphatic heterocycles. The lowest BCUT2D eigenvalue weighted by molar-refractivity contribution is 0.0704. The summed E-state index contributed by atoms with van der Waals surface area (Å²) in [6.45, 7) is 7.00. The molecule has 3 rings (SSSR count). The van der Waals surface area contributed by atoms with Gasteiger partial charge in [-0.2, -0.15) is 0 Å². The topological polar surface area (TPSA) is 54.5 Å². The van der Waals surface area contributed by atoms with Crippen LogP contribution in [0.15, 0.2) is 29.6 Å². The predicted molar refractivity (Wildman–Crippen MR) is 92.1 cm³/mol. The van der Waals surface area contributed by atoms with E-state index in [-0.39, 0.29) is 5.91 Å². The summed E-state index contributed by atoms with van der Waals surface area (Å²) in [5, 5.41) is 6.05. The number of hydrogen-bond acceptors (Lipinski definition) is 5. The SMILES string of the molecule is CCOc1ccc(-c2nc(C(=O)N3CCNC(C)C3)cs2)cc1. The van der Waals surface area contributed by atoms with Crippen LogP contribution >= 0.6 is 11.3 Å². The Hall–Kier alpha value is -1.92. The summed E-state index contributed by atoms with van der Waals surface area (Å²) in [5.74, 6) is 0.866. The molecule has 5 nitrogen and oxygen atoms in total. The van der Waals surface area contributed by atoms with Gasteiger partial charge in [-0.05, 0) is 38.1 Å². The smallest absolute Gasteiger partial charge is 0.273 e. The van der Waals surface area contributed by atoms with Crippen LogP contribution in [0.3, 0.4) is 0 Å². The molecular formula is C17H21N3O2S. The van der Waals surface area contributed by atoms with Crippen molar-refractivity contribution in [3.05, 3.63) is 35.3 Å². The maximum Gasteiger partial charge on any atom is 0.273 e. The van der Waals surface area contributed by atoms with Crippen molar-refractivity contribution in [3.63, 3.8) is 0 Å². The lowest BCUT2D eigenvalue weighted by atomic mass is 10.2. The molecule has 0 spiro atoms. The number of nitrogens with zero attached hydrogens (tertiary/aromatic N) is 2. The molecule has 1 fully saturated rings. The average Bonchev–Trinajstić information content (AvgIpc) is 3.05. The Morgan fingerprint density at radius 1 is 1.43 bits per heavy atom. The van der Waals surface area contributed by atoms with Crippen molar-refractivity contribution in [2.75, 3.05) is 26.2 Å². The molecule has 23 heavy (non-hydrogen) atoms. The van der Waals surface area contributed by atoms with Gasteiger partial charge in [0.05, 0.1) is 6.61 Å². The maximum absolute atomic E-state index is 12.6. The van der Waals surface area contributed by atoms with Crippen LogP contribution in [0.4, 0.5) is 0 Å². The number of hydrogen-bond donors (Lipinski definition) is 1. The van der Waals surface area contributed by atoms with Crippen LogP contribution in [0.25, 0.3) is 10.6 Å². The van der Waals surface area contributed by atoms with Crippen molar-refractivity contribution in [1.29, 1.82) is 0 Å². The minimum atomic E-state index is 0.0202. The molecule has 122 valence electrons. The van der Waals surface area contributed by atoms with Gasteiger partial charge in [0.15, 0.2) is 0 Å². The average molecular weight is 331 g/mol. The predicted octanol–water partition coefficient (Wildman–Crippen LogP) is 2.64. The number of nitrogens with one attached hydrogen (secondary N) is 1. The van der Waals surface area contributed by atoms with E-state index in [1.165, 1.54) is 11.3 Å². The van der Waals surface area contributed by atoms with Gasteiger partial charge < -0.3 is 15.0 Å². The maximum atomic E-state index is 12.6. The zero-order valence-corrected chi connectivity index (χ0v) is 14.2. The number of carbonyl (C=O) groups excluding carboxylic acids is 1. The number of aromatic nitrogens is 1. The van der Waals surface area contributed by atoms with E-state index in [2.05, 4.69) is 17.2 Å². The number of rotatable bonds is 4. The fraction of sp³-hybridized carbons (Fsp3) is 0.412. The minimum absolute atomic E-state index is 0.0202. The highest BCUT2D eigenvalue weighted by atomic mass is 32.1. The zero-order valence-electron chi connectivity index (χ0n) is 13.4. The lowest BCUT2D eigenvalue weighted by Crippen LogP contribution is -2.51. The minimum Gasteiger partial charge on any atom is -0.494 e. The van der Waals surface area contributed by atoms with E-state index in [9.17, 15) is 4.79 Å². The molecular weight excluding hydrogens is 310 g/mol. The summed E-state index contributed by atoms with van der Waals surface area (Å²) in [7, 11) is 0. The van der Waals surface area contributed by atoms with Gasteiger partial charge in [-0.25, -0.2) is 4.98 Å². The number of piperazine rings is 1. The summed E-state index contributed by atoms with van der Waals surface area (Å²) in [4.78, 5) is 18.9. The molecule has 1 unspecified atom stereocenters. The van der Waals surface area contributed by atoms with Crippen LogP contribution in [-0.4, -0.2) is 48.1 Å². The Kier molecular flexibility index (Phi) is 4.93. The fourth-order valence-corrected chi connectivity index (χ4v) is 3.44. The number of ether oxygens (including phenoxy) is 1. The van der Waals surface area contributed by atoms with Crippen LogP contribution in [0.1, 0.15) is 24.3 Å². The van der Waals surface area contributed by atoms with Crippen LogP contribution in [-0.2, 0) is 0 Å². The van der Waals surface area contributed by atoms with E-state index >= 15 is 0 Å². The van der Waals surface area contributed by atoms with E-state index in [0.29, 0.717) is 18.3 Å². The third kappa shape index (κ3) is 3.71. The highest BCUT2D eigenvalue weighted by Gasteiger charge is 2.23. The molecule has 0 radical (unpaired) electrons. The number of carbonyl (C=O) groups is 1. The molecule has 2 heterocycles. The Morgan fingerprint density at radius 3 is 2.91 bits per heavy atom. The second kappa shape index (κ2) is 7.10. The molecule has 1 aromatic heterocycles. The monoisotopic (exact) mass is 331 g/mol. The van der Waals surface area contributed by atoms with Crippen molar-refractivity contribution in [1.82, 2.24) is 15.2 Å². The van der Waals surface area contributed by atoms with Gasteiger partial charge in [0, 0.05) is 36.6 Å². The molecule has 2 aromatic rings. The first-order chi connectivity index (χ1) is 11.2. The van der Waals surface area contributed by atoms with Crippen LogP contribution in [0.2, 0.25) is 0 Å². The van der Waals surface area contributed by atoms with Gasteiger partial charge in [0.1, 0.15) is 16.5 Å². The fourth-order valence-electron chi connectivity index (χ4n) is 2.64. The third-order valence-corrected chi connectivity index (χ3v) is 4.68. The molecule has 0 bridgehead atoms. The molecule has 0 saturated carbocycles. The van der Waals surface area contributed by atoms with E-state index in [4.69, 9.17) is 4.74 Å². The van der Waals surface area contributed by atoms with Gasteiger partial charge in [0.25, 0.3) is 5.91 Å². The molecule has 1 atom stereocenters. The molecule has 0 aliphatic carbocycles. The molecule has 1 N–H and O–H groups in total. The molecule has 1 amide bonds. The summed E-state index contributed by atoms with van der Waals surface area (Å²) in [6.07, 6.45) is 0. The summed E-state index contributed by atoms with van der Waals surface area (Å²) in [6, 6.07) is 8.15. The van der Waals surface area contributed by atoms with E-state index in [0.717, 1.165) is 36.0 Å². The first-order valence-electron chi connectivity index (χ1n) is 7.89. The van der Waals surface area contributed by atoms with Crippen LogP contribution in [0.5, 0.6) is 5.75 Å². The van der Waals surface area contributed by atoms with Crippen molar-refractivity contribution in [2.45, 2.75) is 19.9 Å². The van der Waals surface area contributed by atoms with Crippen molar-refractivity contribution < 1.29 is 9.53 Å². The number of thiazole rings is 1. The highest BCUT2D eigenvalue weighted by Crippen LogP contribution is 2.26. The molecule has 1 saturated heterocycles. The summed E-state index contributed by atoms with van der Waals surface area (Å²) >= 11 is 1.50. The second-order valence-corrected chi connectivity index (χ2v) is 6.46. The first kappa shape index (κ1) is 16.0. The Balaban J connectivity index is 1.73. The van der Waals surface area contributed by atoms with E-state index in [1.54, 1.807) is 0 Å². The van der Waals surface area contributed by atoms with Gasteiger partial charge in [-0.1, -0.05) is 0 Å². The third-order valence-electron chi connectivity index (χ3n) is 3.79. The van der Waals surface area contributed by atoms with Gasteiger partial charge in [-0.3, -0.25) is 4.79 Å². The normalized spacial score (nSPS) is 18.0. The standard InChI is InChI=1S/C17H21N3O2S/c1-3-22-14-6-4-13(5-7-14)16-19-15(11-23-16)17(21)20-9-8-18-12(2)10-20/h4-7,11-12,18H,3,8-10H2,1-2H3. The van der Waals surface area contributed by atoms with Gasteiger partial charge in [-0.15, -0.1) is 11.3 Å². The lowest BCUT2D eigenvalue weighted by Gasteiger charge is -2.31. The highest BCUT2D eigenvalue weighted by molar-refractivity contribution is 7.13. The number of amides is 1. The van der Waals surface area contributed by atoms with Crippen LogP contribution < -0.4 is 10.1 Å². The zero-order chi connectivity index (χ0) is 16.2. The van der Waals surface area contributed by atoms with Gasteiger partial charge in [0.2, 0.25) is 0 Å². The van der Waals surface area contributed by atoms with Crippen molar-refractivity contribution in [2.24, 2.45) is 0 Å². The Morgan fingerprint density at radius 2 is 2.22 bits per heavy atom. The van der Waals surface area contributed by atoms with Crippen molar-refractivity contribution >= 4 is 17.2 Å². The molecule has 1 aliphatic rings. The Labute approximate surface area is 140 Å².